The molecule has 1 N–H and O–H groups in total. The van der Waals surface area contributed by atoms with E-state index in [1.165, 1.54) is 22.3 Å². The van der Waals surface area contributed by atoms with E-state index < -0.39 is 0 Å². The second-order valence-corrected chi connectivity index (χ2v) is 5.41. The number of rotatable bonds is 3. The van der Waals surface area contributed by atoms with Crippen LogP contribution in [-0.2, 0) is 7.05 Å². The highest BCUT2D eigenvalue weighted by Gasteiger charge is 2.10. The number of anilines is 1. The number of nitrogens with one attached hydrogen (secondary N) is 1. The van der Waals surface area contributed by atoms with Gasteiger partial charge in [0.05, 0.1) is 0 Å². The Hall–Kier alpha value is -2.55. The Morgan fingerprint density at radius 3 is 2.62 bits per heavy atom. The van der Waals surface area contributed by atoms with Crippen molar-refractivity contribution in [2.75, 3.05) is 19.0 Å². The number of H-pyrrole nitrogens is 1. The molecule has 0 unspecified atom stereocenters. The summed E-state index contributed by atoms with van der Waals surface area (Å²) in [5.74, 6) is 0. The summed E-state index contributed by atoms with van der Waals surface area (Å²) >= 11 is 0. The minimum absolute atomic E-state index is 1.11. The van der Waals surface area contributed by atoms with Gasteiger partial charge in [-0.25, -0.2) is 0 Å². The first kappa shape index (κ1) is 13.4. The monoisotopic (exact) mass is 278 g/mol. The van der Waals surface area contributed by atoms with Crippen molar-refractivity contribution in [2.24, 2.45) is 7.05 Å². The zero-order valence-corrected chi connectivity index (χ0v) is 12.7. The van der Waals surface area contributed by atoms with Crippen molar-refractivity contribution >= 4 is 28.7 Å². The molecular formula is C18H20N3+. The third-order valence-corrected chi connectivity index (χ3v) is 3.77. The van der Waals surface area contributed by atoms with E-state index in [0.29, 0.717) is 0 Å². The lowest BCUT2D eigenvalue weighted by Gasteiger charge is -2.12. The number of pyridine rings is 1. The lowest BCUT2D eigenvalue weighted by Crippen LogP contribution is -2.32. The number of fused-ring (bicyclic) bond motifs is 1. The molecule has 3 heteroatoms. The number of hydrogen-bond donors (Lipinski definition) is 1. The summed E-state index contributed by atoms with van der Waals surface area (Å²) in [6, 6.07) is 14.9. The summed E-state index contributed by atoms with van der Waals surface area (Å²) in [6.07, 6.45) is 6.16. The van der Waals surface area contributed by atoms with E-state index in [0.717, 1.165) is 5.69 Å². The molecule has 0 saturated carbocycles. The summed E-state index contributed by atoms with van der Waals surface area (Å²) < 4.78 is 2.22. The van der Waals surface area contributed by atoms with Crippen molar-refractivity contribution in [3.63, 3.8) is 0 Å². The van der Waals surface area contributed by atoms with E-state index in [4.69, 9.17) is 0 Å². The highest BCUT2D eigenvalue weighted by molar-refractivity contribution is 5.81. The molecule has 1 aromatic carbocycles. The molecule has 21 heavy (non-hydrogen) atoms. The Morgan fingerprint density at radius 1 is 1.05 bits per heavy atom. The van der Waals surface area contributed by atoms with Gasteiger partial charge in [-0.05, 0) is 36.4 Å². The van der Waals surface area contributed by atoms with Gasteiger partial charge in [0.2, 0.25) is 11.2 Å². The van der Waals surface area contributed by atoms with Crippen LogP contribution in [0, 0.1) is 0 Å². The Balaban J connectivity index is 2.02. The Labute approximate surface area is 125 Å². The van der Waals surface area contributed by atoms with Crippen LogP contribution in [0.15, 0.2) is 48.7 Å². The first-order valence-corrected chi connectivity index (χ1v) is 7.07. The quantitative estimate of drug-likeness (QED) is 0.730. The number of aromatic nitrogens is 2. The predicted molar refractivity (Wildman–Crippen MR) is 89.2 cm³/mol. The topological polar surface area (TPSA) is 22.9 Å². The SMILES string of the molecule is CN(C)c1ccc2c(ccc(/C=C/c3ccc[nH]3)[n+]2C)c1. The van der Waals surface area contributed by atoms with Crippen LogP contribution in [0.25, 0.3) is 23.1 Å². The van der Waals surface area contributed by atoms with E-state index in [1.807, 2.05) is 12.3 Å². The van der Waals surface area contributed by atoms with E-state index in [-0.39, 0.29) is 0 Å². The zero-order valence-electron chi connectivity index (χ0n) is 12.7. The molecule has 0 fully saturated rings. The van der Waals surface area contributed by atoms with Gasteiger partial charge in [0, 0.05) is 55.3 Å². The van der Waals surface area contributed by atoms with Gasteiger partial charge in [-0.15, -0.1) is 0 Å². The largest absolute Gasteiger partial charge is 0.378 e. The van der Waals surface area contributed by atoms with Gasteiger partial charge in [-0.3, -0.25) is 0 Å². The molecule has 0 atom stereocenters. The van der Waals surface area contributed by atoms with Gasteiger partial charge in [0.15, 0.2) is 0 Å². The highest BCUT2D eigenvalue weighted by Crippen LogP contribution is 2.19. The molecular weight excluding hydrogens is 258 g/mol. The molecule has 0 spiro atoms. The molecule has 0 aliphatic carbocycles. The van der Waals surface area contributed by atoms with Crippen LogP contribution in [0.1, 0.15) is 11.4 Å². The normalized spacial score (nSPS) is 11.4. The Morgan fingerprint density at radius 2 is 1.90 bits per heavy atom. The fourth-order valence-electron chi connectivity index (χ4n) is 2.48. The molecule has 0 aliphatic heterocycles. The standard InChI is InChI=1S/C18H19N3/c1-20(2)17-10-11-18-14(13-17)6-8-16(21(18)3)9-7-15-5-4-12-19-15/h4-13H,1-3H3/p+1. The molecule has 2 aromatic heterocycles. The van der Waals surface area contributed by atoms with Gasteiger partial charge in [0.25, 0.3) is 0 Å². The highest BCUT2D eigenvalue weighted by atomic mass is 15.1. The van der Waals surface area contributed by atoms with E-state index in [1.54, 1.807) is 0 Å². The molecule has 106 valence electrons. The van der Waals surface area contributed by atoms with Gasteiger partial charge in [0.1, 0.15) is 7.05 Å². The summed E-state index contributed by atoms with van der Waals surface area (Å²) in [7, 11) is 6.23. The van der Waals surface area contributed by atoms with Crippen molar-refractivity contribution in [3.8, 4) is 0 Å². The van der Waals surface area contributed by atoms with Crippen LogP contribution in [0.2, 0.25) is 0 Å². The predicted octanol–water partition coefficient (Wildman–Crippen LogP) is 3.23. The minimum Gasteiger partial charge on any atom is -0.378 e. The molecule has 3 aromatic rings. The number of aryl methyl sites for hydroxylation is 1. The van der Waals surface area contributed by atoms with Crippen LogP contribution >= 0.6 is 0 Å². The molecule has 0 saturated heterocycles. The minimum atomic E-state index is 1.11. The third-order valence-electron chi connectivity index (χ3n) is 3.77. The average Bonchev–Trinajstić information content (AvgIpc) is 2.99. The van der Waals surface area contributed by atoms with Gasteiger partial charge < -0.3 is 9.88 Å². The third kappa shape index (κ3) is 2.68. The van der Waals surface area contributed by atoms with Crippen LogP contribution in [0.3, 0.4) is 0 Å². The van der Waals surface area contributed by atoms with E-state index in [9.17, 15) is 0 Å². The molecule has 0 radical (unpaired) electrons. The Kier molecular flexibility index (Phi) is 3.48. The lowest BCUT2D eigenvalue weighted by atomic mass is 10.1. The fourth-order valence-corrected chi connectivity index (χ4v) is 2.48. The summed E-state index contributed by atoms with van der Waals surface area (Å²) in [5.41, 5.74) is 4.74. The molecule has 3 nitrogen and oxygen atoms in total. The van der Waals surface area contributed by atoms with Crippen molar-refractivity contribution in [3.05, 3.63) is 60.0 Å². The van der Waals surface area contributed by atoms with Crippen molar-refractivity contribution in [2.45, 2.75) is 0 Å². The number of benzene rings is 1. The molecule has 2 heterocycles. The summed E-state index contributed by atoms with van der Waals surface area (Å²) in [5, 5.41) is 1.25. The zero-order chi connectivity index (χ0) is 14.8. The fraction of sp³-hybridized carbons (Fsp3) is 0.167. The van der Waals surface area contributed by atoms with Crippen LogP contribution in [0.4, 0.5) is 5.69 Å². The number of nitrogens with zero attached hydrogens (tertiary/aromatic N) is 2. The first-order chi connectivity index (χ1) is 10.1. The van der Waals surface area contributed by atoms with E-state index in [2.05, 4.69) is 84.1 Å². The average molecular weight is 278 g/mol. The van der Waals surface area contributed by atoms with Gasteiger partial charge in [-0.2, -0.15) is 4.57 Å². The molecule has 0 bridgehead atoms. The maximum Gasteiger partial charge on any atom is 0.212 e. The van der Waals surface area contributed by atoms with Gasteiger partial charge in [-0.1, -0.05) is 0 Å². The summed E-state index contributed by atoms with van der Waals surface area (Å²) in [6.45, 7) is 0. The molecule has 3 rings (SSSR count). The lowest BCUT2D eigenvalue weighted by molar-refractivity contribution is -0.646. The van der Waals surface area contributed by atoms with Crippen LogP contribution in [0.5, 0.6) is 0 Å². The van der Waals surface area contributed by atoms with Crippen molar-refractivity contribution < 1.29 is 4.57 Å². The van der Waals surface area contributed by atoms with Crippen molar-refractivity contribution in [1.82, 2.24) is 4.98 Å². The smallest absolute Gasteiger partial charge is 0.212 e. The van der Waals surface area contributed by atoms with Crippen molar-refractivity contribution in [1.29, 1.82) is 0 Å². The number of aromatic amines is 1. The van der Waals surface area contributed by atoms with Crippen LogP contribution < -0.4 is 9.47 Å². The maximum atomic E-state index is 3.18. The van der Waals surface area contributed by atoms with Gasteiger partial charge >= 0.3 is 0 Å². The molecule has 0 amide bonds. The first-order valence-electron chi connectivity index (χ1n) is 7.07. The maximum absolute atomic E-state index is 3.18. The van der Waals surface area contributed by atoms with Crippen LogP contribution in [-0.4, -0.2) is 19.1 Å². The van der Waals surface area contributed by atoms with E-state index >= 15 is 0 Å². The second-order valence-electron chi connectivity index (χ2n) is 5.41. The number of hydrogen-bond acceptors (Lipinski definition) is 1. The second kappa shape index (κ2) is 5.44. The summed E-state index contributed by atoms with van der Waals surface area (Å²) in [4.78, 5) is 5.31. The molecule has 0 aliphatic rings. The Bertz CT molecular complexity index is 784.